The summed E-state index contributed by atoms with van der Waals surface area (Å²) < 4.78 is 6.01. The molecule has 0 bridgehead atoms. The van der Waals surface area contributed by atoms with Gasteiger partial charge >= 0.3 is 0 Å². The molecule has 0 aromatic carbocycles. The lowest BCUT2D eigenvalue weighted by Gasteiger charge is -2.37. The fourth-order valence-electron chi connectivity index (χ4n) is 3.10. The lowest BCUT2D eigenvalue weighted by Crippen LogP contribution is -2.49. The Morgan fingerprint density at radius 1 is 1.44 bits per heavy atom. The van der Waals surface area contributed by atoms with Gasteiger partial charge in [-0.1, -0.05) is 18.6 Å². The minimum Gasteiger partial charge on any atom is -0.373 e. The second-order valence-corrected chi connectivity index (χ2v) is 5.28. The molecule has 2 aliphatic rings. The van der Waals surface area contributed by atoms with Crippen LogP contribution in [0.1, 0.15) is 52.4 Å². The molecule has 0 spiro atoms. The van der Waals surface area contributed by atoms with Gasteiger partial charge < -0.3 is 10.1 Å². The number of likely N-dealkylation sites (N-methyl/N-ethyl adjacent to an activating group) is 1. The molecule has 1 aliphatic carbocycles. The summed E-state index contributed by atoms with van der Waals surface area (Å²) in [6, 6.07) is 0.445. The maximum Gasteiger partial charge on any atom is 0.0845 e. The van der Waals surface area contributed by atoms with E-state index >= 15 is 0 Å². The Kier molecular flexibility index (Phi) is 4.04. The molecule has 0 saturated carbocycles. The van der Waals surface area contributed by atoms with E-state index in [1.165, 1.54) is 38.5 Å². The average Bonchev–Trinajstić information content (AvgIpc) is 2.75. The molecule has 2 heteroatoms. The molecule has 16 heavy (non-hydrogen) atoms. The summed E-state index contributed by atoms with van der Waals surface area (Å²) >= 11 is 0. The molecule has 0 amide bonds. The van der Waals surface area contributed by atoms with Gasteiger partial charge in [0.05, 0.1) is 11.6 Å². The van der Waals surface area contributed by atoms with Crippen molar-refractivity contribution in [1.82, 2.24) is 5.32 Å². The highest BCUT2D eigenvalue weighted by Crippen LogP contribution is 2.35. The zero-order valence-corrected chi connectivity index (χ0v) is 10.7. The van der Waals surface area contributed by atoms with E-state index in [1.807, 2.05) is 0 Å². The molecule has 1 heterocycles. The van der Waals surface area contributed by atoms with Gasteiger partial charge in [-0.15, -0.1) is 0 Å². The van der Waals surface area contributed by atoms with Gasteiger partial charge in [-0.2, -0.15) is 0 Å². The number of allylic oxidation sites excluding steroid dienone is 1. The van der Waals surface area contributed by atoms with Crippen LogP contribution < -0.4 is 5.32 Å². The Morgan fingerprint density at radius 3 is 2.88 bits per heavy atom. The molecule has 2 unspecified atom stereocenters. The highest BCUT2D eigenvalue weighted by atomic mass is 16.5. The van der Waals surface area contributed by atoms with E-state index in [2.05, 4.69) is 25.2 Å². The van der Waals surface area contributed by atoms with Crippen molar-refractivity contribution < 1.29 is 4.74 Å². The van der Waals surface area contributed by atoms with Crippen LogP contribution >= 0.6 is 0 Å². The van der Waals surface area contributed by atoms with Gasteiger partial charge in [0.15, 0.2) is 0 Å². The van der Waals surface area contributed by atoms with Crippen LogP contribution in [-0.4, -0.2) is 24.8 Å². The smallest absolute Gasteiger partial charge is 0.0845 e. The Labute approximate surface area is 99.4 Å². The number of hydrogen-bond donors (Lipinski definition) is 1. The van der Waals surface area contributed by atoms with E-state index in [1.54, 1.807) is 5.57 Å². The predicted octanol–water partition coefficient (Wildman–Crippen LogP) is 3.03. The summed E-state index contributed by atoms with van der Waals surface area (Å²) in [6.45, 7) is 6.43. The Bertz CT molecular complexity index is 253. The van der Waals surface area contributed by atoms with Crippen molar-refractivity contribution in [3.8, 4) is 0 Å². The van der Waals surface area contributed by atoms with Gasteiger partial charge in [0, 0.05) is 6.61 Å². The Hall–Kier alpha value is -0.340. The third-order valence-electron chi connectivity index (χ3n) is 3.97. The highest BCUT2D eigenvalue weighted by molar-refractivity contribution is 5.19. The highest BCUT2D eigenvalue weighted by Gasteiger charge is 2.39. The third kappa shape index (κ3) is 2.49. The largest absolute Gasteiger partial charge is 0.373 e. The fraction of sp³-hybridized carbons (Fsp3) is 0.857. The molecule has 2 rings (SSSR count). The van der Waals surface area contributed by atoms with E-state index in [9.17, 15) is 0 Å². The number of ether oxygens (including phenoxy) is 1. The zero-order chi connectivity index (χ0) is 11.4. The molecule has 1 fully saturated rings. The van der Waals surface area contributed by atoms with E-state index < -0.39 is 0 Å². The molecule has 1 saturated heterocycles. The molecule has 0 radical (unpaired) electrons. The van der Waals surface area contributed by atoms with Crippen LogP contribution in [0, 0.1) is 0 Å². The normalized spacial score (nSPS) is 32.5. The summed E-state index contributed by atoms with van der Waals surface area (Å²) in [5, 5.41) is 3.64. The lowest BCUT2D eigenvalue weighted by molar-refractivity contribution is -0.00242. The molecular formula is C14H25NO. The van der Waals surface area contributed by atoms with Crippen LogP contribution in [0.3, 0.4) is 0 Å². The number of hydrogen-bond acceptors (Lipinski definition) is 2. The molecule has 2 atom stereocenters. The van der Waals surface area contributed by atoms with Crippen LogP contribution in [0.25, 0.3) is 0 Å². The molecule has 0 aromatic heterocycles. The van der Waals surface area contributed by atoms with Crippen LogP contribution in [0.4, 0.5) is 0 Å². The Morgan fingerprint density at radius 2 is 2.31 bits per heavy atom. The first kappa shape index (κ1) is 12.1. The van der Waals surface area contributed by atoms with Crippen LogP contribution in [0.15, 0.2) is 11.6 Å². The molecular weight excluding hydrogens is 198 g/mol. The zero-order valence-electron chi connectivity index (χ0n) is 10.7. The fourth-order valence-corrected chi connectivity index (χ4v) is 3.10. The van der Waals surface area contributed by atoms with Gasteiger partial charge in [0.1, 0.15) is 0 Å². The van der Waals surface area contributed by atoms with Crippen molar-refractivity contribution in [3.05, 3.63) is 11.6 Å². The van der Waals surface area contributed by atoms with E-state index in [0.29, 0.717) is 6.04 Å². The van der Waals surface area contributed by atoms with Crippen LogP contribution in [0.5, 0.6) is 0 Å². The first-order valence-corrected chi connectivity index (χ1v) is 6.82. The van der Waals surface area contributed by atoms with Crippen LogP contribution in [-0.2, 0) is 4.74 Å². The minimum absolute atomic E-state index is 0.0409. The van der Waals surface area contributed by atoms with Crippen molar-refractivity contribution >= 4 is 0 Å². The maximum absolute atomic E-state index is 6.01. The minimum atomic E-state index is 0.0409. The van der Waals surface area contributed by atoms with Gasteiger partial charge in [-0.25, -0.2) is 0 Å². The van der Waals surface area contributed by atoms with Gasteiger partial charge in [0.2, 0.25) is 0 Å². The predicted molar refractivity (Wildman–Crippen MR) is 67.6 cm³/mol. The summed E-state index contributed by atoms with van der Waals surface area (Å²) in [6.07, 6.45) is 10.1. The monoisotopic (exact) mass is 223 g/mol. The quantitative estimate of drug-likeness (QED) is 0.740. The van der Waals surface area contributed by atoms with Gasteiger partial charge in [-0.05, 0) is 52.0 Å². The summed E-state index contributed by atoms with van der Waals surface area (Å²) in [5.74, 6) is 0. The van der Waals surface area contributed by atoms with E-state index in [4.69, 9.17) is 4.74 Å². The molecule has 0 aromatic rings. The number of rotatable bonds is 4. The summed E-state index contributed by atoms with van der Waals surface area (Å²) in [5.41, 5.74) is 1.64. The van der Waals surface area contributed by atoms with Crippen molar-refractivity contribution in [1.29, 1.82) is 0 Å². The van der Waals surface area contributed by atoms with Crippen molar-refractivity contribution in [3.63, 3.8) is 0 Å². The second-order valence-electron chi connectivity index (χ2n) is 5.28. The van der Waals surface area contributed by atoms with Crippen LogP contribution in [0.2, 0.25) is 0 Å². The van der Waals surface area contributed by atoms with E-state index in [0.717, 1.165) is 13.2 Å². The third-order valence-corrected chi connectivity index (χ3v) is 3.97. The van der Waals surface area contributed by atoms with Gasteiger partial charge in [0.25, 0.3) is 0 Å². The lowest BCUT2D eigenvalue weighted by atomic mass is 9.83. The standard InChI is InChI=1S/C14H25NO/c1-3-15-13(12-8-5-4-6-9-12)14(2)10-7-11-16-14/h8,13,15H,3-7,9-11H2,1-2H3. The van der Waals surface area contributed by atoms with Crippen molar-refractivity contribution in [2.45, 2.75) is 64.0 Å². The topological polar surface area (TPSA) is 21.3 Å². The van der Waals surface area contributed by atoms with Crippen molar-refractivity contribution in [2.75, 3.05) is 13.2 Å². The first-order valence-electron chi connectivity index (χ1n) is 6.82. The van der Waals surface area contributed by atoms with Gasteiger partial charge in [-0.3, -0.25) is 0 Å². The molecule has 2 nitrogen and oxygen atoms in total. The SMILES string of the molecule is CCNC(C1=CCCCC1)C1(C)CCCO1. The average molecular weight is 223 g/mol. The number of nitrogens with one attached hydrogen (secondary N) is 1. The van der Waals surface area contributed by atoms with E-state index in [-0.39, 0.29) is 5.60 Å². The summed E-state index contributed by atoms with van der Waals surface area (Å²) in [4.78, 5) is 0. The second kappa shape index (κ2) is 5.33. The molecule has 92 valence electrons. The van der Waals surface area contributed by atoms with Crippen molar-refractivity contribution in [2.24, 2.45) is 0 Å². The Balaban J connectivity index is 2.12. The summed E-state index contributed by atoms with van der Waals surface area (Å²) in [7, 11) is 0. The first-order chi connectivity index (χ1) is 7.76. The molecule has 1 N–H and O–H groups in total. The maximum atomic E-state index is 6.01. The molecule has 1 aliphatic heterocycles.